The summed E-state index contributed by atoms with van der Waals surface area (Å²) in [5.74, 6) is -0.305. The minimum atomic E-state index is -0.653. The van der Waals surface area contributed by atoms with E-state index in [2.05, 4.69) is 5.32 Å². The maximum absolute atomic E-state index is 14.4. The first-order chi connectivity index (χ1) is 13.1. The quantitative estimate of drug-likeness (QED) is 0.817. The Balaban J connectivity index is 1.63. The molecule has 1 amide bonds. The maximum Gasteiger partial charge on any atom is 0.254 e. The average molecular weight is 373 g/mol. The van der Waals surface area contributed by atoms with Gasteiger partial charge in [0.15, 0.2) is 0 Å². The number of amides is 1. The van der Waals surface area contributed by atoms with Crippen molar-refractivity contribution >= 4 is 5.91 Å². The van der Waals surface area contributed by atoms with Crippen molar-refractivity contribution in [2.24, 2.45) is 5.92 Å². The fourth-order valence-electron chi connectivity index (χ4n) is 3.22. The molecule has 2 N–H and O–H groups in total. The summed E-state index contributed by atoms with van der Waals surface area (Å²) >= 11 is 0. The van der Waals surface area contributed by atoms with Gasteiger partial charge in [-0.2, -0.15) is 0 Å². The van der Waals surface area contributed by atoms with Gasteiger partial charge >= 0.3 is 0 Å². The van der Waals surface area contributed by atoms with Crippen molar-refractivity contribution in [3.63, 3.8) is 0 Å². The number of ether oxygens (including phenoxy) is 2. The Kier molecular flexibility index (Phi) is 6.42. The highest BCUT2D eigenvalue weighted by molar-refractivity contribution is 5.95. The first-order valence-electron chi connectivity index (χ1n) is 9.06. The van der Waals surface area contributed by atoms with Gasteiger partial charge in [-0.25, -0.2) is 4.39 Å². The summed E-state index contributed by atoms with van der Waals surface area (Å²) in [6.45, 7) is 1.34. The molecule has 0 radical (unpaired) electrons. The molecule has 2 aromatic carbocycles. The first-order valence-corrected chi connectivity index (χ1v) is 9.06. The van der Waals surface area contributed by atoms with Crippen LogP contribution in [0.15, 0.2) is 42.5 Å². The van der Waals surface area contributed by atoms with E-state index in [1.165, 1.54) is 12.1 Å². The molecule has 144 valence electrons. The zero-order valence-corrected chi connectivity index (χ0v) is 15.3. The summed E-state index contributed by atoms with van der Waals surface area (Å²) in [4.78, 5) is 12.3. The van der Waals surface area contributed by atoms with Crippen molar-refractivity contribution in [3.05, 3.63) is 53.8 Å². The van der Waals surface area contributed by atoms with Crippen molar-refractivity contribution in [1.82, 2.24) is 5.32 Å². The van der Waals surface area contributed by atoms with Crippen LogP contribution in [0, 0.1) is 11.7 Å². The Bertz CT molecular complexity index is 772. The number of hydrogen-bond donors (Lipinski definition) is 2. The number of benzene rings is 2. The van der Waals surface area contributed by atoms with Gasteiger partial charge in [-0.1, -0.05) is 18.2 Å². The van der Waals surface area contributed by atoms with E-state index in [-0.39, 0.29) is 18.0 Å². The summed E-state index contributed by atoms with van der Waals surface area (Å²) < 4.78 is 24.8. The zero-order chi connectivity index (χ0) is 19.2. The van der Waals surface area contributed by atoms with Crippen LogP contribution in [0.1, 0.15) is 23.2 Å². The van der Waals surface area contributed by atoms with Crippen LogP contribution in [0.25, 0.3) is 11.1 Å². The molecule has 0 bridgehead atoms. The third-order valence-corrected chi connectivity index (χ3v) is 4.92. The lowest BCUT2D eigenvalue weighted by Crippen LogP contribution is -2.38. The van der Waals surface area contributed by atoms with Crippen LogP contribution >= 0.6 is 0 Å². The summed E-state index contributed by atoms with van der Waals surface area (Å²) in [5, 5.41) is 12.8. The van der Waals surface area contributed by atoms with Gasteiger partial charge in [-0.15, -0.1) is 0 Å². The van der Waals surface area contributed by atoms with Crippen LogP contribution in [-0.4, -0.2) is 44.0 Å². The SMILES string of the molecule is COc1ccc(-c2ccc(C(=O)NCC(O)C3CCOCC3)c(F)c2)cc1. The molecule has 1 aliphatic heterocycles. The number of carbonyl (C=O) groups excluding carboxylic acids is 1. The standard InChI is InChI=1S/C21H24FNO4/c1-26-17-5-2-14(3-6-17)16-4-7-18(19(22)12-16)21(25)23-13-20(24)15-8-10-27-11-9-15/h2-7,12,15,20,24H,8-11,13H2,1H3,(H,23,25). The number of methoxy groups -OCH3 is 1. The molecule has 1 unspecified atom stereocenters. The van der Waals surface area contributed by atoms with Gasteiger partial charge in [-0.3, -0.25) is 4.79 Å². The highest BCUT2D eigenvalue weighted by atomic mass is 19.1. The molecule has 6 heteroatoms. The molecule has 0 aliphatic carbocycles. The minimum Gasteiger partial charge on any atom is -0.497 e. The molecule has 1 heterocycles. The number of hydrogen-bond acceptors (Lipinski definition) is 4. The van der Waals surface area contributed by atoms with Gasteiger partial charge in [0.2, 0.25) is 0 Å². The Hall–Kier alpha value is -2.44. The van der Waals surface area contributed by atoms with Gasteiger partial charge in [0.25, 0.3) is 5.91 Å². The topological polar surface area (TPSA) is 67.8 Å². The van der Waals surface area contributed by atoms with E-state index in [1.54, 1.807) is 25.3 Å². The van der Waals surface area contributed by atoms with Gasteiger partial charge in [0.05, 0.1) is 18.8 Å². The number of carbonyl (C=O) groups is 1. The zero-order valence-electron chi connectivity index (χ0n) is 15.3. The normalized spacial score (nSPS) is 16.0. The van der Waals surface area contributed by atoms with E-state index in [4.69, 9.17) is 9.47 Å². The number of halogens is 1. The third-order valence-electron chi connectivity index (χ3n) is 4.92. The van der Waals surface area contributed by atoms with Gasteiger partial charge in [0.1, 0.15) is 11.6 Å². The molecule has 1 atom stereocenters. The van der Waals surface area contributed by atoms with Crippen LogP contribution < -0.4 is 10.1 Å². The summed E-state index contributed by atoms with van der Waals surface area (Å²) in [6.07, 6.45) is 0.878. The minimum absolute atomic E-state index is 0.0357. The van der Waals surface area contributed by atoms with Gasteiger partial charge < -0.3 is 19.9 Å². The fourth-order valence-corrected chi connectivity index (χ4v) is 3.22. The second-order valence-corrected chi connectivity index (χ2v) is 6.65. The van der Waals surface area contributed by atoms with Crippen molar-refractivity contribution < 1.29 is 23.8 Å². The molecule has 2 aromatic rings. The largest absolute Gasteiger partial charge is 0.497 e. The fraction of sp³-hybridized carbons (Fsp3) is 0.381. The van der Waals surface area contributed by atoms with Gasteiger partial charge in [-0.05, 0) is 54.2 Å². The summed E-state index contributed by atoms with van der Waals surface area (Å²) in [6, 6.07) is 11.8. The lowest BCUT2D eigenvalue weighted by atomic mass is 9.94. The Morgan fingerprint density at radius 1 is 1.22 bits per heavy atom. The number of nitrogens with one attached hydrogen (secondary N) is 1. The lowest BCUT2D eigenvalue weighted by molar-refractivity contribution is 0.00871. The van der Waals surface area contributed by atoms with Crippen LogP contribution in [0.2, 0.25) is 0 Å². The van der Waals surface area contributed by atoms with Crippen molar-refractivity contribution in [1.29, 1.82) is 0 Å². The molecule has 27 heavy (non-hydrogen) atoms. The Morgan fingerprint density at radius 2 is 1.89 bits per heavy atom. The van der Waals surface area contributed by atoms with E-state index in [0.717, 1.165) is 24.2 Å². The summed E-state index contributed by atoms with van der Waals surface area (Å²) in [7, 11) is 1.58. The molecule has 1 saturated heterocycles. The Labute approximate surface area is 158 Å². The van der Waals surface area contributed by atoms with E-state index in [1.807, 2.05) is 12.1 Å². The first kappa shape index (κ1) is 19.3. The van der Waals surface area contributed by atoms with E-state index in [9.17, 15) is 14.3 Å². The molecule has 1 fully saturated rings. The van der Waals surface area contributed by atoms with E-state index >= 15 is 0 Å². The van der Waals surface area contributed by atoms with Crippen molar-refractivity contribution in [3.8, 4) is 16.9 Å². The molecule has 1 aliphatic rings. The number of aliphatic hydroxyl groups excluding tert-OH is 1. The molecular weight excluding hydrogens is 349 g/mol. The molecular formula is C21H24FNO4. The van der Waals surface area contributed by atoms with Crippen LogP contribution in [0.5, 0.6) is 5.75 Å². The van der Waals surface area contributed by atoms with Gasteiger partial charge in [0, 0.05) is 19.8 Å². The van der Waals surface area contributed by atoms with E-state index < -0.39 is 17.8 Å². The average Bonchev–Trinajstić information content (AvgIpc) is 2.72. The van der Waals surface area contributed by atoms with Crippen molar-refractivity contribution in [2.75, 3.05) is 26.9 Å². The smallest absolute Gasteiger partial charge is 0.254 e. The second kappa shape index (κ2) is 8.97. The van der Waals surface area contributed by atoms with Crippen LogP contribution in [0.3, 0.4) is 0 Å². The lowest BCUT2D eigenvalue weighted by Gasteiger charge is -2.26. The number of aliphatic hydroxyl groups is 1. The van der Waals surface area contributed by atoms with Crippen molar-refractivity contribution in [2.45, 2.75) is 18.9 Å². The molecule has 0 spiro atoms. The predicted octanol–water partition coefficient (Wildman–Crippen LogP) is 3.02. The maximum atomic E-state index is 14.4. The third kappa shape index (κ3) is 4.84. The van der Waals surface area contributed by atoms with E-state index in [0.29, 0.717) is 18.8 Å². The number of rotatable bonds is 6. The Morgan fingerprint density at radius 3 is 2.52 bits per heavy atom. The second-order valence-electron chi connectivity index (χ2n) is 6.65. The molecule has 3 rings (SSSR count). The summed E-state index contributed by atoms with van der Waals surface area (Å²) in [5.41, 5.74) is 1.47. The molecule has 0 aromatic heterocycles. The molecule has 0 saturated carbocycles. The van der Waals surface area contributed by atoms with Crippen LogP contribution in [-0.2, 0) is 4.74 Å². The van der Waals surface area contributed by atoms with Crippen LogP contribution in [0.4, 0.5) is 4.39 Å². The highest BCUT2D eigenvalue weighted by Crippen LogP contribution is 2.24. The predicted molar refractivity (Wildman–Crippen MR) is 100 cm³/mol. The molecule has 5 nitrogen and oxygen atoms in total. The highest BCUT2D eigenvalue weighted by Gasteiger charge is 2.23. The monoisotopic (exact) mass is 373 g/mol.